The molecule has 0 bridgehead atoms. The zero-order valence-corrected chi connectivity index (χ0v) is 11.1. The molecule has 2 aliphatic rings. The molecule has 1 N–H and O–H groups in total. The molecule has 2 fully saturated rings. The van der Waals surface area contributed by atoms with Gasteiger partial charge in [-0.1, -0.05) is 17.8 Å². The maximum absolute atomic E-state index is 4.64. The topological polar surface area (TPSA) is 55.1 Å². The van der Waals surface area contributed by atoms with E-state index in [2.05, 4.69) is 20.6 Å². The Kier molecular flexibility index (Phi) is 2.58. The summed E-state index contributed by atoms with van der Waals surface area (Å²) in [7, 11) is 0. The van der Waals surface area contributed by atoms with E-state index in [1.54, 1.807) is 11.3 Å². The number of fused-ring (bicyclic) bond motifs is 1. The highest BCUT2D eigenvalue weighted by atomic mass is 32.1. The summed E-state index contributed by atoms with van der Waals surface area (Å²) in [6.45, 7) is 2.00. The first-order valence-corrected chi connectivity index (χ1v) is 7.63. The van der Waals surface area contributed by atoms with Gasteiger partial charge in [0, 0.05) is 12.5 Å². The van der Waals surface area contributed by atoms with Gasteiger partial charge in [-0.15, -0.1) is 10.2 Å². The third-order valence-electron chi connectivity index (χ3n) is 3.93. The monoisotopic (exact) mass is 263 g/mol. The Morgan fingerprint density at radius 1 is 1.22 bits per heavy atom. The number of hydrogen-bond acceptors (Lipinski definition) is 5. The first-order valence-electron chi connectivity index (χ1n) is 6.82. The van der Waals surface area contributed by atoms with E-state index in [0.717, 1.165) is 34.8 Å². The Balaban J connectivity index is 1.49. The van der Waals surface area contributed by atoms with Crippen LogP contribution in [0.5, 0.6) is 0 Å². The van der Waals surface area contributed by atoms with E-state index in [0.29, 0.717) is 5.92 Å². The molecular weight excluding hydrogens is 246 g/mol. The number of nitrogens with zero attached hydrogens (tertiary/aromatic N) is 4. The number of hydrogen-bond donors (Lipinski definition) is 1. The van der Waals surface area contributed by atoms with Crippen molar-refractivity contribution in [3.8, 4) is 0 Å². The van der Waals surface area contributed by atoms with Crippen molar-refractivity contribution >= 4 is 16.3 Å². The van der Waals surface area contributed by atoms with Gasteiger partial charge in [0.05, 0.1) is 0 Å². The summed E-state index contributed by atoms with van der Waals surface area (Å²) in [5.74, 6) is 2.58. The Bertz CT molecular complexity index is 552. The molecule has 0 saturated heterocycles. The minimum atomic E-state index is 0.592. The highest BCUT2D eigenvalue weighted by Crippen LogP contribution is 2.35. The molecule has 0 radical (unpaired) electrons. The standard InChI is InChI=1S/C12H17N5S/c1-2-9(3-1)11-14-15-12-17(11)16-10(18-12)7-13-6-8-4-5-8/h8-9,13H,1-7H2. The van der Waals surface area contributed by atoms with E-state index in [1.807, 2.05) is 4.52 Å². The molecule has 5 nitrogen and oxygen atoms in total. The van der Waals surface area contributed by atoms with E-state index < -0.39 is 0 Å². The van der Waals surface area contributed by atoms with Crippen LogP contribution < -0.4 is 5.32 Å². The molecule has 2 aromatic heterocycles. The highest BCUT2D eigenvalue weighted by Gasteiger charge is 2.26. The predicted molar refractivity (Wildman–Crippen MR) is 69.7 cm³/mol. The predicted octanol–water partition coefficient (Wildman–Crippen LogP) is 1.95. The van der Waals surface area contributed by atoms with Gasteiger partial charge in [-0.05, 0) is 38.1 Å². The zero-order valence-electron chi connectivity index (χ0n) is 10.3. The second-order valence-corrected chi connectivity index (χ2v) is 6.49. The minimum absolute atomic E-state index is 0.592. The number of aromatic nitrogens is 4. The molecular formula is C12H17N5S. The molecule has 18 heavy (non-hydrogen) atoms. The molecule has 4 rings (SSSR count). The smallest absolute Gasteiger partial charge is 0.234 e. The number of nitrogens with one attached hydrogen (secondary N) is 1. The summed E-state index contributed by atoms with van der Waals surface area (Å²) < 4.78 is 1.96. The van der Waals surface area contributed by atoms with Crippen molar-refractivity contribution < 1.29 is 0 Å². The van der Waals surface area contributed by atoms with Crippen LogP contribution in [0.1, 0.15) is 48.9 Å². The maximum atomic E-state index is 4.64. The van der Waals surface area contributed by atoms with Crippen LogP contribution in [0, 0.1) is 5.92 Å². The molecule has 0 aliphatic heterocycles. The average Bonchev–Trinajstić information content (AvgIpc) is 2.90. The van der Waals surface area contributed by atoms with Crippen molar-refractivity contribution in [3.63, 3.8) is 0 Å². The second kappa shape index (κ2) is 4.28. The average molecular weight is 263 g/mol. The fraction of sp³-hybridized carbons (Fsp3) is 0.750. The lowest BCUT2D eigenvalue weighted by molar-refractivity contribution is 0.394. The fourth-order valence-corrected chi connectivity index (χ4v) is 3.18. The van der Waals surface area contributed by atoms with Gasteiger partial charge in [0.15, 0.2) is 5.82 Å². The second-order valence-electron chi connectivity index (χ2n) is 5.45. The molecule has 6 heteroatoms. The van der Waals surface area contributed by atoms with Crippen LogP contribution in [0.15, 0.2) is 0 Å². The van der Waals surface area contributed by atoms with Crippen LogP contribution >= 0.6 is 11.3 Å². The van der Waals surface area contributed by atoms with Gasteiger partial charge in [-0.25, -0.2) is 0 Å². The maximum Gasteiger partial charge on any atom is 0.234 e. The quantitative estimate of drug-likeness (QED) is 0.896. The van der Waals surface area contributed by atoms with Gasteiger partial charge in [-0.3, -0.25) is 0 Å². The van der Waals surface area contributed by atoms with Crippen LogP contribution in [0.2, 0.25) is 0 Å². The van der Waals surface area contributed by atoms with E-state index in [9.17, 15) is 0 Å². The summed E-state index contributed by atoms with van der Waals surface area (Å²) in [5, 5.41) is 17.8. The van der Waals surface area contributed by atoms with Crippen molar-refractivity contribution in [2.24, 2.45) is 5.92 Å². The van der Waals surface area contributed by atoms with Gasteiger partial charge in [0.1, 0.15) is 5.01 Å². The van der Waals surface area contributed by atoms with Crippen LogP contribution in [0.25, 0.3) is 4.96 Å². The molecule has 0 unspecified atom stereocenters. The molecule has 0 aromatic carbocycles. The Labute approximate surface area is 110 Å². The Morgan fingerprint density at radius 2 is 2.11 bits per heavy atom. The first kappa shape index (κ1) is 10.9. The Morgan fingerprint density at radius 3 is 2.83 bits per heavy atom. The van der Waals surface area contributed by atoms with Crippen molar-refractivity contribution in [2.45, 2.75) is 44.6 Å². The summed E-state index contributed by atoms with van der Waals surface area (Å²) in [5.41, 5.74) is 0. The lowest BCUT2D eigenvalue weighted by Gasteiger charge is -2.22. The molecule has 0 amide bonds. The SMILES string of the molecule is C1CC(c2nnc3sc(CNCC4CC4)nn23)C1. The fourth-order valence-electron chi connectivity index (χ4n) is 2.37. The van der Waals surface area contributed by atoms with Gasteiger partial charge in [0.25, 0.3) is 0 Å². The lowest BCUT2D eigenvalue weighted by Crippen LogP contribution is -2.16. The van der Waals surface area contributed by atoms with Crippen molar-refractivity contribution in [3.05, 3.63) is 10.8 Å². The van der Waals surface area contributed by atoms with Crippen molar-refractivity contribution in [1.29, 1.82) is 0 Å². The van der Waals surface area contributed by atoms with Crippen molar-refractivity contribution in [1.82, 2.24) is 25.1 Å². The van der Waals surface area contributed by atoms with Gasteiger partial charge >= 0.3 is 0 Å². The van der Waals surface area contributed by atoms with Gasteiger partial charge in [-0.2, -0.15) is 9.61 Å². The van der Waals surface area contributed by atoms with E-state index in [-0.39, 0.29) is 0 Å². The largest absolute Gasteiger partial charge is 0.310 e. The van der Waals surface area contributed by atoms with Crippen molar-refractivity contribution in [2.75, 3.05) is 6.54 Å². The van der Waals surface area contributed by atoms with E-state index >= 15 is 0 Å². The first-order chi connectivity index (χ1) is 8.90. The molecule has 2 aromatic rings. The highest BCUT2D eigenvalue weighted by molar-refractivity contribution is 7.16. The normalized spacial score (nSPS) is 20.4. The van der Waals surface area contributed by atoms with E-state index in [1.165, 1.54) is 32.1 Å². The summed E-state index contributed by atoms with van der Waals surface area (Å²) in [4.78, 5) is 0.945. The molecule has 2 heterocycles. The molecule has 2 saturated carbocycles. The third-order valence-corrected chi connectivity index (χ3v) is 4.83. The summed E-state index contributed by atoms with van der Waals surface area (Å²) in [6.07, 6.45) is 6.59. The molecule has 0 spiro atoms. The minimum Gasteiger partial charge on any atom is -0.310 e. The Hall–Kier alpha value is -1.01. The van der Waals surface area contributed by atoms with Crippen LogP contribution in [0.3, 0.4) is 0 Å². The summed E-state index contributed by atoms with van der Waals surface area (Å²) in [6, 6.07) is 0. The third kappa shape index (κ3) is 1.93. The van der Waals surface area contributed by atoms with Gasteiger partial charge < -0.3 is 5.32 Å². The summed E-state index contributed by atoms with van der Waals surface area (Å²) >= 11 is 1.66. The molecule has 0 atom stereocenters. The molecule has 96 valence electrons. The van der Waals surface area contributed by atoms with Gasteiger partial charge in [0.2, 0.25) is 4.96 Å². The molecule has 2 aliphatic carbocycles. The lowest BCUT2D eigenvalue weighted by atomic mass is 9.85. The van der Waals surface area contributed by atoms with E-state index in [4.69, 9.17) is 0 Å². The van der Waals surface area contributed by atoms with Crippen LogP contribution in [0.4, 0.5) is 0 Å². The zero-order chi connectivity index (χ0) is 11.9. The van der Waals surface area contributed by atoms with Crippen LogP contribution in [-0.4, -0.2) is 26.4 Å². The number of rotatable bonds is 5. The van der Waals surface area contributed by atoms with Crippen LogP contribution in [-0.2, 0) is 6.54 Å².